The van der Waals surface area contributed by atoms with Crippen molar-refractivity contribution >= 4 is 23.1 Å². The van der Waals surface area contributed by atoms with Crippen molar-refractivity contribution in [3.8, 4) is 11.8 Å². The lowest BCUT2D eigenvalue weighted by atomic mass is 10.0. The number of likely N-dealkylation sites (N-methyl/N-ethyl adjacent to an activating group) is 1. The van der Waals surface area contributed by atoms with E-state index in [0.717, 1.165) is 22.7 Å². The Morgan fingerprint density at radius 3 is 2.26 bits per heavy atom. The maximum absolute atomic E-state index is 12.9. The van der Waals surface area contributed by atoms with Gasteiger partial charge in [0.05, 0.1) is 24.5 Å². The number of nitrogens with zero attached hydrogens (tertiary/aromatic N) is 4. The molecule has 8 nitrogen and oxygen atoms in total. The second-order valence-electron chi connectivity index (χ2n) is 8.40. The minimum Gasteiger partial charge on any atom is -0.497 e. The van der Waals surface area contributed by atoms with Gasteiger partial charge in [-0.05, 0) is 43.9 Å². The average molecular weight is 462 g/mol. The van der Waals surface area contributed by atoms with Gasteiger partial charge in [-0.25, -0.2) is 0 Å². The Kier molecular flexibility index (Phi) is 7.92. The molecule has 0 aromatic heterocycles. The molecule has 0 radical (unpaired) electrons. The van der Waals surface area contributed by atoms with Gasteiger partial charge in [-0.15, -0.1) is 0 Å². The summed E-state index contributed by atoms with van der Waals surface area (Å²) in [5, 5.41) is 12.7. The zero-order valence-electron chi connectivity index (χ0n) is 20.3. The molecule has 1 aliphatic rings. The highest BCUT2D eigenvalue weighted by Gasteiger charge is 2.31. The van der Waals surface area contributed by atoms with Crippen molar-refractivity contribution < 1.29 is 14.3 Å². The summed E-state index contributed by atoms with van der Waals surface area (Å²) >= 11 is 0. The molecule has 1 amide bonds. The molecule has 0 saturated heterocycles. The van der Waals surface area contributed by atoms with Crippen LogP contribution in [0.4, 0.5) is 11.4 Å². The molecule has 0 aliphatic carbocycles. The number of fused-ring (bicyclic) bond motifs is 1. The van der Waals surface area contributed by atoms with Crippen LogP contribution in [0.15, 0.2) is 59.9 Å². The Morgan fingerprint density at radius 1 is 1.06 bits per heavy atom. The van der Waals surface area contributed by atoms with Crippen LogP contribution >= 0.6 is 0 Å². The fourth-order valence-electron chi connectivity index (χ4n) is 4.16. The summed E-state index contributed by atoms with van der Waals surface area (Å²) in [4.78, 5) is 31.1. The molecule has 0 bridgehead atoms. The second-order valence-corrected chi connectivity index (χ2v) is 8.40. The van der Waals surface area contributed by atoms with E-state index in [1.54, 1.807) is 7.11 Å². The molecule has 178 valence electrons. The van der Waals surface area contributed by atoms with Crippen LogP contribution in [0.5, 0.6) is 5.75 Å². The van der Waals surface area contributed by atoms with Crippen LogP contribution in [0.3, 0.4) is 0 Å². The SMILES string of the molecule is COc1cccc(C(CNC(=O)CCC(=O)C(C#N)=C2N(C)c3ccccc3N2C)N(C)C)c1. The predicted molar refractivity (Wildman–Crippen MR) is 133 cm³/mol. The molecule has 1 aliphatic heterocycles. The number of benzene rings is 2. The Balaban J connectivity index is 1.63. The zero-order chi connectivity index (χ0) is 24.8. The minimum absolute atomic E-state index is 0.00985. The molecule has 0 saturated carbocycles. The number of allylic oxidation sites excluding steroid dienone is 1. The molecule has 1 N–H and O–H groups in total. The summed E-state index contributed by atoms with van der Waals surface area (Å²) < 4.78 is 5.31. The third kappa shape index (κ3) is 5.21. The van der Waals surface area contributed by atoms with E-state index in [0.29, 0.717) is 12.4 Å². The van der Waals surface area contributed by atoms with Crippen molar-refractivity contribution in [2.24, 2.45) is 0 Å². The number of carbonyl (C=O) groups is 2. The number of rotatable bonds is 9. The van der Waals surface area contributed by atoms with Gasteiger partial charge in [-0.3, -0.25) is 9.59 Å². The van der Waals surface area contributed by atoms with Crippen molar-refractivity contribution in [3.63, 3.8) is 0 Å². The number of para-hydroxylation sites is 2. The van der Waals surface area contributed by atoms with Gasteiger partial charge in [-0.2, -0.15) is 5.26 Å². The van der Waals surface area contributed by atoms with E-state index in [4.69, 9.17) is 4.74 Å². The fourth-order valence-corrected chi connectivity index (χ4v) is 4.16. The van der Waals surface area contributed by atoms with E-state index >= 15 is 0 Å². The van der Waals surface area contributed by atoms with Gasteiger partial charge in [-0.1, -0.05) is 24.3 Å². The molecule has 0 fully saturated rings. The molecule has 2 aromatic carbocycles. The number of ketones is 1. The molecular formula is C26H31N5O3. The smallest absolute Gasteiger partial charge is 0.220 e. The first kappa shape index (κ1) is 24.8. The maximum Gasteiger partial charge on any atom is 0.220 e. The summed E-state index contributed by atoms with van der Waals surface area (Å²) in [7, 11) is 9.16. The van der Waals surface area contributed by atoms with E-state index in [1.165, 1.54) is 0 Å². The number of hydrogen-bond donors (Lipinski definition) is 1. The van der Waals surface area contributed by atoms with Crippen molar-refractivity contribution in [3.05, 3.63) is 65.5 Å². The van der Waals surface area contributed by atoms with Crippen LogP contribution in [0.25, 0.3) is 0 Å². The van der Waals surface area contributed by atoms with E-state index in [-0.39, 0.29) is 36.1 Å². The molecular weight excluding hydrogens is 430 g/mol. The van der Waals surface area contributed by atoms with E-state index in [9.17, 15) is 14.9 Å². The lowest BCUT2D eigenvalue weighted by molar-refractivity contribution is -0.124. The number of methoxy groups -OCH3 is 1. The first-order valence-corrected chi connectivity index (χ1v) is 11.1. The van der Waals surface area contributed by atoms with Crippen LogP contribution < -0.4 is 19.9 Å². The lowest BCUT2D eigenvalue weighted by Crippen LogP contribution is -2.34. The van der Waals surface area contributed by atoms with E-state index in [2.05, 4.69) is 11.4 Å². The number of nitrogens with one attached hydrogen (secondary N) is 1. The number of anilines is 2. The zero-order valence-corrected chi connectivity index (χ0v) is 20.3. The summed E-state index contributed by atoms with van der Waals surface area (Å²) in [5.41, 5.74) is 2.91. The number of hydrogen-bond acceptors (Lipinski definition) is 7. The Morgan fingerprint density at radius 2 is 1.71 bits per heavy atom. The van der Waals surface area contributed by atoms with Gasteiger partial charge < -0.3 is 24.8 Å². The number of carbonyl (C=O) groups excluding carboxylic acids is 2. The highest BCUT2D eigenvalue weighted by molar-refractivity contribution is 6.03. The summed E-state index contributed by atoms with van der Waals surface area (Å²) in [6, 6.07) is 17.4. The summed E-state index contributed by atoms with van der Waals surface area (Å²) in [6.45, 7) is 0.389. The standard InChI is InChI=1S/C26H31N5O3/c1-29(2)23(18-9-8-10-19(15-18)34-5)17-28-25(33)14-13-24(32)20(16-27)26-30(3)21-11-6-7-12-22(21)31(26)4/h6-12,15,23H,13-14,17H2,1-5H3,(H,28,33). The number of ether oxygens (including phenoxy) is 1. The predicted octanol–water partition coefficient (Wildman–Crippen LogP) is 3.08. The van der Waals surface area contributed by atoms with Crippen molar-refractivity contribution in [1.29, 1.82) is 5.26 Å². The molecule has 1 heterocycles. The fraction of sp³-hybridized carbons (Fsp3) is 0.346. The normalized spacial score (nSPS) is 13.4. The molecule has 34 heavy (non-hydrogen) atoms. The van der Waals surface area contributed by atoms with Gasteiger partial charge in [0, 0.05) is 33.5 Å². The van der Waals surface area contributed by atoms with Crippen LogP contribution in [0.1, 0.15) is 24.4 Å². The van der Waals surface area contributed by atoms with Crippen LogP contribution in [-0.2, 0) is 9.59 Å². The molecule has 0 spiro atoms. The summed E-state index contributed by atoms with van der Waals surface area (Å²) in [6.07, 6.45) is -0.0298. The molecule has 3 rings (SSSR count). The van der Waals surface area contributed by atoms with E-state index < -0.39 is 0 Å². The highest BCUT2D eigenvalue weighted by Crippen LogP contribution is 2.40. The third-order valence-electron chi connectivity index (χ3n) is 6.03. The van der Waals surface area contributed by atoms with Crippen molar-refractivity contribution in [1.82, 2.24) is 10.2 Å². The van der Waals surface area contributed by atoms with Crippen LogP contribution in [0, 0.1) is 11.3 Å². The first-order chi connectivity index (χ1) is 16.3. The second kappa shape index (κ2) is 10.9. The van der Waals surface area contributed by atoms with Gasteiger partial charge in [0.25, 0.3) is 0 Å². The largest absolute Gasteiger partial charge is 0.497 e. The molecule has 1 unspecified atom stereocenters. The maximum atomic E-state index is 12.9. The minimum atomic E-state index is -0.351. The van der Waals surface area contributed by atoms with E-state index in [1.807, 2.05) is 91.4 Å². The third-order valence-corrected chi connectivity index (χ3v) is 6.03. The monoisotopic (exact) mass is 461 g/mol. The quantitative estimate of drug-likeness (QED) is 0.453. The Bertz CT molecular complexity index is 1100. The molecule has 8 heteroatoms. The number of amides is 1. The van der Waals surface area contributed by atoms with Gasteiger partial charge in [0.2, 0.25) is 5.91 Å². The van der Waals surface area contributed by atoms with Crippen LogP contribution in [-0.4, -0.2) is 58.4 Å². The van der Waals surface area contributed by atoms with Gasteiger partial charge >= 0.3 is 0 Å². The molecule has 1 atom stereocenters. The Labute approximate surface area is 201 Å². The van der Waals surface area contributed by atoms with Crippen molar-refractivity contribution in [2.45, 2.75) is 18.9 Å². The topological polar surface area (TPSA) is 88.9 Å². The van der Waals surface area contributed by atoms with Crippen LogP contribution in [0.2, 0.25) is 0 Å². The van der Waals surface area contributed by atoms with Gasteiger partial charge in [0.15, 0.2) is 5.78 Å². The average Bonchev–Trinajstić information content (AvgIpc) is 3.09. The summed E-state index contributed by atoms with van der Waals surface area (Å²) in [5.74, 6) is 0.695. The highest BCUT2D eigenvalue weighted by atomic mass is 16.5. The van der Waals surface area contributed by atoms with Gasteiger partial charge in [0.1, 0.15) is 23.2 Å². The Hall–Kier alpha value is -3.83. The number of Topliss-reactive ketones (excluding diaryl/α,β-unsaturated/α-hetero) is 1. The van der Waals surface area contributed by atoms with Crippen molar-refractivity contribution in [2.75, 3.05) is 51.6 Å². The molecule has 2 aromatic rings. The lowest BCUT2D eigenvalue weighted by Gasteiger charge is -2.25. The first-order valence-electron chi connectivity index (χ1n) is 11.1. The number of nitriles is 1.